The van der Waals surface area contributed by atoms with Crippen LogP contribution < -0.4 is 0 Å². The maximum absolute atomic E-state index is 12.6. The summed E-state index contributed by atoms with van der Waals surface area (Å²) >= 11 is 0. The van der Waals surface area contributed by atoms with Gasteiger partial charge in [0.25, 0.3) is 0 Å². The second-order valence-electron chi connectivity index (χ2n) is 6.68. The Bertz CT molecular complexity index is 812. The summed E-state index contributed by atoms with van der Waals surface area (Å²) in [5.41, 5.74) is 0.388. The molecule has 0 unspecified atom stereocenters. The predicted octanol–water partition coefficient (Wildman–Crippen LogP) is 3.27. The van der Waals surface area contributed by atoms with Crippen molar-refractivity contribution in [3.8, 4) is 6.07 Å². The molecule has 2 atom stereocenters. The van der Waals surface area contributed by atoms with Gasteiger partial charge >= 0.3 is 5.97 Å². The van der Waals surface area contributed by atoms with E-state index < -0.39 is 17.3 Å². The number of amides is 1. The SMILES string of the molecule is CC(=O)OC[C@@](C#N)(c1ccccc1)[C@H](CC(=O)N(C)C)c1ccccc1. The van der Waals surface area contributed by atoms with E-state index in [1.165, 1.54) is 11.8 Å². The molecule has 0 bridgehead atoms. The van der Waals surface area contributed by atoms with Crippen LogP contribution in [0.25, 0.3) is 0 Å². The zero-order valence-corrected chi connectivity index (χ0v) is 15.9. The van der Waals surface area contributed by atoms with Crippen molar-refractivity contribution in [1.82, 2.24) is 4.90 Å². The van der Waals surface area contributed by atoms with Crippen molar-refractivity contribution in [2.45, 2.75) is 24.7 Å². The zero-order valence-electron chi connectivity index (χ0n) is 15.9. The Labute approximate surface area is 160 Å². The first-order valence-corrected chi connectivity index (χ1v) is 8.76. The second kappa shape index (κ2) is 9.00. The van der Waals surface area contributed by atoms with E-state index in [1.54, 1.807) is 14.1 Å². The first kappa shape index (κ1) is 20.2. The van der Waals surface area contributed by atoms with E-state index in [2.05, 4.69) is 6.07 Å². The Morgan fingerprint density at radius 3 is 2.11 bits per heavy atom. The molecule has 0 spiro atoms. The molecule has 5 heteroatoms. The standard InChI is InChI=1S/C22H24N2O3/c1-17(25)27-16-22(15-23,19-12-8-5-9-13-19)20(14-21(26)24(2)3)18-10-6-4-7-11-18/h4-13,20H,14,16H2,1-3H3/t20-,22+/m1/s1. The molecule has 27 heavy (non-hydrogen) atoms. The summed E-state index contributed by atoms with van der Waals surface area (Å²) in [5, 5.41) is 10.3. The molecule has 0 heterocycles. The van der Waals surface area contributed by atoms with Gasteiger partial charge in [0.05, 0.1) is 6.07 Å². The Balaban J connectivity index is 2.63. The third kappa shape index (κ3) is 4.73. The number of esters is 1. The molecular weight excluding hydrogens is 340 g/mol. The molecule has 2 aromatic rings. The monoisotopic (exact) mass is 364 g/mol. The molecule has 0 saturated carbocycles. The first-order chi connectivity index (χ1) is 12.9. The lowest BCUT2D eigenvalue weighted by Gasteiger charge is -2.35. The Morgan fingerprint density at radius 2 is 1.63 bits per heavy atom. The normalized spacial score (nSPS) is 13.7. The first-order valence-electron chi connectivity index (χ1n) is 8.76. The number of hydrogen-bond donors (Lipinski definition) is 0. The van der Waals surface area contributed by atoms with Gasteiger partial charge in [-0.1, -0.05) is 60.7 Å². The van der Waals surface area contributed by atoms with Crippen molar-refractivity contribution in [1.29, 1.82) is 5.26 Å². The third-order valence-corrected chi connectivity index (χ3v) is 4.67. The Morgan fingerprint density at radius 1 is 1.07 bits per heavy atom. The Kier molecular flexibility index (Phi) is 6.73. The second-order valence-corrected chi connectivity index (χ2v) is 6.68. The number of carbonyl (C=O) groups is 2. The summed E-state index contributed by atoms with van der Waals surface area (Å²) in [4.78, 5) is 25.6. The largest absolute Gasteiger partial charge is 0.464 e. The molecule has 2 aromatic carbocycles. The van der Waals surface area contributed by atoms with Crippen LogP contribution in [0.3, 0.4) is 0 Å². The minimum Gasteiger partial charge on any atom is -0.464 e. The molecule has 0 fully saturated rings. The van der Waals surface area contributed by atoms with Gasteiger partial charge in [-0.15, -0.1) is 0 Å². The van der Waals surface area contributed by atoms with Gasteiger partial charge in [0, 0.05) is 33.4 Å². The summed E-state index contributed by atoms with van der Waals surface area (Å²) in [6, 6.07) is 21.0. The maximum Gasteiger partial charge on any atom is 0.302 e. The highest BCUT2D eigenvalue weighted by Gasteiger charge is 2.44. The van der Waals surface area contributed by atoms with Gasteiger partial charge in [0.1, 0.15) is 12.0 Å². The van der Waals surface area contributed by atoms with Crippen molar-refractivity contribution < 1.29 is 14.3 Å². The minimum atomic E-state index is -1.18. The lowest BCUT2D eigenvalue weighted by Crippen LogP contribution is -2.40. The van der Waals surface area contributed by atoms with Crippen LogP contribution in [-0.2, 0) is 19.7 Å². The maximum atomic E-state index is 12.6. The van der Waals surface area contributed by atoms with Crippen molar-refractivity contribution in [2.24, 2.45) is 0 Å². The van der Waals surface area contributed by atoms with Crippen LogP contribution in [0.2, 0.25) is 0 Å². The fourth-order valence-electron chi connectivity index (χ4n) is 3.13. The van der Waals surface area contributed by atoms with Gasteiger partial charge in [0.15, 0.2) is 0 Å². The fourth-order valence-corrected chi connectivity index (χ4v) is 3.13. The van der Waals surface area contributed by atoms with Crippen LogP contribution in [0, 0.1) is 11.3 Å². The summed E-state index contributed by atoms with van der Waals surface area (Å²) in [5.74, 6) is -1.03. The van der Waals surface area contributed by atoms with Gasteiger partial charge in [0.2, 0.25) is 5.91 Å². The van der Waals surface area contributed by atoms with Crippen LogP contribution in [0.4, 0.5) is 0 Å². The van der Waals surface area contributed by atoms with E-state index in [-0.39, 0.29) is 18.9 Å². The number of nitriles is 1. The number of carbonyl (C=O) groups excluding carboxylic acids is 2. The molecule has 2 rings (SSSR count). The van der Waals surface area contributed by atoms with E-state index in [0.29, 0.717) is 5.56 Å². The van der Waals surface area contributed by atoms with Gasteiger partial charge in [-0.25, -0.2) is 0 Å². The number of nitrogens with zero attached hydrogens (tertiary/aromatic N) is 2. The molecule has 0 aliphatic carbocycles. The van der Waals surface area contributed by atoms with Crippen LogP contribution in [0.5, 0.6) is 0 Å². The average molecular weight is 364 g/mol. The summed E-state index contributed by atoms with van der Waals surface area (Å²) in [6.45, 7) is 1.19. The highest BCUT2D eigenvalue weighted by Crippen LogP contribution is 2.42. The highest BCUT2D eigenvalue weighted by molar-refractivity contribution is 5.77. The van der Waals surface area contributed by atoms with Crippen molar-refractivity contribution in [3.63, 3.8) is 0 Å². The number of rotatable bonds is 7. The van der Waals surface area contributed by atoms with E-state index >= 15 is 0 Å². The van der Waals surface area contributed by atoms with Crippen LogP contribution in [0.1, 0.15) is 30.4 Å². The summed E-state index contributed by atoms with van der Waals surface area (Å²) in [7, 11) is 3.38. The molecule has 5 nitrogen and oxygen atoms in total. The highest BCUT2D eigenvalue weighted by atomic mass is 16.5. The topological polar surface area (TPSA) is 70.4 Å². The van der Waals surface area contributed by atoms with E-state index in [0.717, 1.165) is 5.56 Å². The summed E-state index contributed by atoms with van der Waals surface area (Å²) < 4.78 is 5.31. The van der Waals surface area contributed by atoms with Crippen LogP contribution in [-0.4, -0.2) is 37.5 Å². The van der Waals surface area contributed by atoms with Crippen LogP contribution in [0.15, 0.2) is 60.7 Å². The van der Waals surface area contributed by atoms with E-state index in [1.807, 2.05) is 60.7 Å². The van der Waals surface area contributed by atoms with Gasteiger partial charge in [-0.2, -0.15) is 5.26 Å². The van der Waals surface area contributed by atoms with Crippen LogP contribution >= 0.6 is 0 Å². The lowest BCUT2D eigenvalue weighted by atomic mass is 9.67. The fraction of sp³-hybridized carbons (Fsp3) is 0.318. The van der Waals surface area contributed by atoms with Crippen molar-refractivity contribution in [3.05, 3.63) is 71.8 Å². The molecule has 0 aliphatic heterocycles. The molecule has 0 saturated heterocycles. The lowest BCUT2D eigenvalue weighted by molar-refractivity contribution is -0.142. The number of ether oxygens (including phenoxy) is 1. The molecular formula is C22H24N2O3. The van der Waals surface area contributed by atoms with E-state index in [9.17, 15) is 14.9 Å². The summed E-state index contributed by atoms with van der Waals surface area (Å²) in [6.07, 6.45) is 0.126. The number of hydrogen-bond acceptors (Lipinski definition) is 4. The van der Waals surface area contributed by atoms with Crippen molar-refractivity contribution >= 4 is 11.9 Å². The molecule has 1 amide bonds. The number of benzene rings is 2. The molecule has 0 aromatic heterocycles. The van der Waals surface area contributed by atoms with Crippen molar-refractivity contribution in [2.75, 3.05) is 20.7 Å². The molecule has 0 N–H and O–H groups in total. The molecule has 140 valence electrons. The predicted molar refractivity (Wildman–Crippen MR) is 103 cm³/mol. The minimum absolute atomic E-state index is 0.0952. The average Bonchev–Trinajstić information content (AvgIpc) is 2.68. The zero-order chi connectivity index (χ0) is 19.9. The smallest absolute Gasteiger partial charge is 0.302 e. The Hall–Kier alpha value is -3.13. The van der Waals surface area contributed by atoms with Gasteiger partial charge in [-0.05, 0) is 11.1 Å². The van der Waals surface area contributed by atoms with E-state index in [4.69, 9.17) is 4.74 Å². The quantitative estimate of drug-likeness (QED) is 0.707. The molecule has 0 radical (unpaired) electrons. The van der Waals surface area contributed by atoms with Gasteiger partial charge < -0.3 is 9.64 Å². The van der Waals surface area contributed by atoms with Gasteiger partial charge in [-0.3, -0.25) is 9.59 Å². The third-order valence-electron chi connectivity index (χ3n) is 4.67. The molecule has 0 aliphatic rings.